The number of likely N-dealkylation sites (tertiary alicyclic amines) is 1. The van der Waals surface area contributed by atoms with Crippen LogP contribution in [0.25, 0.3) is 5.69 Å². The molecular weight excluding hydrogens is 450 g/mol. The highest BCUT2D eigenvalue weighted by Gasteiger charge is 2.42. The van der Waals surface area contributed by atoms with Crippen molar-refractivity contribution in [3.05, 3.63) is 77.6 Å². The molecule has 5 nitrogen and oxygen atoms in total. The summed E-state index contributed by atoms with van der Waals surface area (Å²) in [6.45, 7) is 0.412. The Kier molecular flexibility index (Phi) is 5.81. The van der Waals surface area contributed by atoms with Gasteiger partial charge in [-0.1, -0.05) is 24.3 Å². The maximum absolute atomic E-state index is 13.9. The zero-order valence-corrected chi connectivity index (χ0v) is 17.0. The van der Waals surface area contributed by atoms with Gasteiger partial charge < -0.3 is 10.2 Å². The van der Waals surface area contributed by atoms with Crippen LogP contribution in [-0.2, 0) is 12.4 Å². The van der Waals surface area contributed by atoms with Crippen LogP contribution in [-0.4, -0.2) is 39.7 Å². The van der Waals surface area contributed by atoms with E-state index in [1.54, 1.807) is 0 Å². The van der Waals surface area contributed by atoms with Crippen molar-refractivity contribution < 1.29 is 31.1 Å². The van der Waals surface area contributed by atoms with Crippen LogP contribution in [0.5, 0.6) is 0 Å². The number of alkyl halides is 6. The number of para-hydroxylation sites is 1. The van der Waals surface area contributed by atoms with Gasteiger partial charge in [0, 0.05) is 24.8 Å². The minimum absolute atomic E-state index is 0.149. The first kappa shape index (κ1) is 22.7. The van der Waals surface area contributed by atoms with Gasteiger partial charge >= 0.3 is 12.4 Å². The molecule has 0 spiro atoms. The second-order valence-electron chi connectivity index (χ2n) is 7.61. The van der Waals surface area contributed by atoms with Gasteiger partial charge in [-0.05, 0) is 36.8 Å². The number of hydrogen-bond acceptors (Lipinski definition) is 3. The summed E-state index contributed by atoms with van der Waals surface area (Å²) in [6, 6.07) is 12.4. The molecule has 0 bridgehead atoms. The van der Waals surface area contributed by atoms with Crippen LogP contribution in [0.1, 0.15) is 28.0 Å². The van der Waals surface area contributed by atoms with Crippen molar-refractivity contribution in [1.82, 2.24) is 14.7 Å². The number of benzene rings is 2. The van der Waals surface area contributed by atoms with Crippen LogP contribution >= 0.6 is 0 Å². The number of amides is 1. The molecule has 33 heavy (non-hydrogen) atoms. The van der Waals surface area contributed by atoms with E-state index in [4.69, 9.17) is 0 Å². The zero-order chi connectivity index (χ0) is 23.8. The molecule has 1 aliphatic heterocycles. The zero-order valence-electron chi connectivity index (χ0n) is 17.0. The van der Waals surface area contributed by atoms with Crippen molar-refractivity contribution >= 4 is 11.6 Å². The fraction of sp³-hybridized carbons (Fsp3) is 0.273. The Labute approximate surface area is 184 Å². The maximum atomic E-state index is 13.9. The van der Waals surface area contributed by atoms with Gasteiger partial charge in [-0.2, -0.15) is 31.4 Å². The fourth-order valence-electron chi connectivity index (χ4n) is 3.79. The first-order valence-corrected chi connectivity index (χ1v) is 9.98. The normalized spacial score (nSPS) is 16.8. The Balaban J connectivity index is 1.61. The molecule has 1 saturated heterocycles. The number of nitrogens with one attached hydrogen (secondary N) is 1. The standard InChI is InChI=1S/C22H18F6N4O/c23-21(24,25)14-5-4-8-17(11-14)32-19(22(26,27)28)18(12-29-32)20(33)31-10-9-16(13-31)30-15-6-2-1-3-7-15/h1-8,11-12,16,30H,9-10,13H2. The highest BCUT2D eigenvalue weighted by atomic mass is 19.4. The van der Waals surface area contributed by atoms with Crippen LogP contribution in [0.3, 0.4) is 0 Å². The summed E-state index contributed by atoms with van der Waals surface area (Å²) < 4.78 is 81.1. The van der Waals surface area contributed by atoms with Crippen molar-refractivity contribution in [1.29, 1.82) is 0 Å². The van der Waals surface area contributed by atoms with Crippen molar-refractivity contribution in [3.8, 4) is 5.69 Å². The lowest BCUT2D eigenvalue weighted by Crippen LogP contribution is -2.33. The molecule has 1 aromatic heterocycles. The highest BCUT2D eigenvalue weighted by Crippen LogP contribution is 2.36. The smallest absolute Gasteiger partial charge is 0.380 e. The maximum Gasteiger partial charge on any atom is 0.434 e. The first-order valence-electron chi connectivity index (χ1n) is 9.98. The van der Waals surface area contributed by atoms with Gasteiger partial charge in [0.1, 0.15) is 0 Å². The number of rotatable bonds is 4. The van der Waals surface area contributed by atoms with Gasteiger partial charge in [0.2, 0.25) is 0 Å². The molecule has 0 radical (unpaired) electrons. The summed E-state index contributed by atoms with van der Waals surface area (Å²) >= 11 is 0. The SMILES string of the molecule is O=C(c1cnn(-c2cccc(C(F)(F)F)c2)c1C(F)(F)F)N1CCC(Nc2ccccc2)C1. The molecule has 3 aromatic rings. The third kappa shape index (κ3) is 4.81. The Morgan fingerprint density at radius 1 is 0.970 bits per heavy atom. The summed E-state index contributed by atoms with van der Waals surface area (Å²) in [4.78, 5) is 14.2. The van der Waals surface area contributed by atoms with Crippen molar-refractivity contribution in [2.45, 2.75) is 24.8 Å². The Morgan fingerprint density at radius 3 is 2.36 bits per heavy atom. The van der Waals surface area contributed by atoms with Crippen LogP contribution in [0, 0.1) is 0 Å². The van der Waals surface area contributed by atoms with E-state index in [1.807, 2.05) is 30.3 Å². The number of aromatic nitrogens is 2. The fourth-order valence-corrected chi connectivity index (χ4v) is 3.79. The lowest BCUT2D eigenvalue weighted by molar-refractivity contribution is -0.143. The molecule has 1 amide bonds. The molecule has 0 saturated carbocycles. The first-order chi connectivity index (χ1) is 15.5. The minimum Gasteiger partial charge on any atom is -0.380 e. The van der Waals surface area contributed by atoms with Crippen LogP contribution in [0.2, 0.25) is 0 Å². The molecule has 2 heterocycles. The third-order valence-corrected chi connectivity index (χ3v) is 5.31. The number of nitrogens with zero attached hydrogens (tertiary/aromatic N) is 3. The number of halogens is 6. The summed E-state index contributed by atoms with van der Waals surface area (Å²) in [7, 11) is 0. The van der Waals surface area contributed by atoms with Gasteiger partial charge in [0.05, 0.1) is 23.0 Å². The number of carbonyl (C=O) groups excluding carboxylic acids is 1. The molecule has 1 atom stereocenters. The average molecular weight is 468 g/mol. The molecule has 1 N–H and O–H groups in total. The minimum atomic E-state index is -5.02. The predicted octanol–water partition coefficient (Wildman–Crippen LogP) is 5.24. The van der Waals surface area contributed by atoms with Crippen molar-refractivity contribution in [3.63, 3.8) is 0 Å². The molecule has 1 aliphatic rings. The number of hydrogen-bond donors (Lipinski definition) is 1. The van der Waals surface area contributed by atoms with Gasteiger partial charge in [-0.25, -0.2) is 4.68 Å². The van der Waals surface area contributed by atoms with Crippen LogP contribution in [0.4, 0.5) is 32.0 Å². The molecule has 174 valence electrons. The summed E-state index contributed by atoms with van der Waals surface area (Å²) in [5, 5.41) is 6.85. The van der Waals surface area contributed by atoms with Gasteiger partial charge in [-0.15, -0.1) is 0 Å². The number of anilines is 1. The molecule has 1 fully saturated rings. The van der Waals surface area contributed by atoms with Crippen molar-refractivity contribution in [2.75, 3.05) is 18.4 Å². The Bertz CT molecular complexity index is 1140. The van der Waals surface area contributed by atoms with Crippen molar-refractivity contribution in [2.24, 2.45) is 0 Å². The van der Waals surface area contributed by atoms with E-state index in [0.29, 0.717) is 17.2 Å². The molecule has 1 unspecified atom stereocenters. The van der Waals surface area contributed by atoms with Gasteiger partial charge in [-0.3, -0.25) is 4.79 Å². The van der Waals surface area contributed by atoms with Gasteiger partial charge in [0.25, 0.3) is 5.91 Å². The third-order valence-electron chi connectivity index (χ3n) is 5.31. The van der Waals surface area contributed by atoms with Crippen LogP contribution in [0.15, 0.2) is 60.8 Å². The molecule has 4 rings (SSSR count). The van der Waals surface area contributed by atoms with E-state index in [9.17, 15) is 31.1 Å². The van der Waals surface area contributed by atoms with E-state index in [-0.39, 0.29) is 19.1 Å². The van der Waals surface area contributed by atoms with Crippen LogP contribution < -0.4 is 5.32 Å². The largest absolute Gasteiger partial charge is 0.434 e. The monoisotopic (exact) mass is 468 g/mol. The van der Waals surface area contributed by atoms with E-state index in [0.717, 1.165) is 30.1 Å². The van der Waals surface area contributed by atoms with Gasteiger partial charge in [0.15, 0.2) is 5.69 Å². The summed E-state index contributed by atoms with van der Waals surface area (Å²) in [6.07, 6.45) is -8.47. The molecule has 2 aromatic carbocycles. The van der Waals surface area contributed by atoms with E-state index in [1.165, 1.54) is 4.90 Å². The summed E-state index contributed by atoms with van der Waals surface area (Å²) in [5.41, 5.74) is -2.86. The van der Waals surface area contributed by atoms with E-state index < -0.39 is 40.8 Å². The summed E-state index contributed by atoms with van der Waals surface area (Å²) in [5.74, 6) is -0.877. The van der Waals surface area contributed by atoms with E-state index >= 15 is 0 Å². The lowest BCUT2D eigenvalue weighted by atomic mass is 10.1. The quantitative estimate of drug-likeness (QED) is 0.533. The molecule has 11 heteroatoms. The topological polar surface area (TPSA) is 50.2 Å². The lowest BCUT2D eigenvalue weighted by Gasteiger charge is -2.19. The number of carbonyl (C=O) groups is 1. The highest BCUT2D eigenvalue weighted by molar-refractivity contribution is 5.95. The Morgan fingerprint density at radius 2 is 1.70 bits per heavy atom. The Hall–Kier alpha value is -3.50. The second kappa shape index (κ2) is 8.45. The predicted molar refractivity (Wildman–Crippen MR) is 108 cm³/mol. The second-order valence-corrected chi connectivity index (χ2v) is 7.61. The van der Waals surface area contributed by atoms with E-state index in [2.05, 4.69) is 10.4 Å². The average Bonchev–Trinajstić information content (AvgIpc) is 3.41. The molecule has 0 aliphatic carbocycles. The molecular formula is C22H18F6N4O.